The Morgan fingerprint density at radius 2 is 2.28 bits per heavy atom. The molecule has 0 saturated carbocycles. The van der Waals surface area contributed by atoms with E-state index in [1.165, 1.54) is 12.8 Å². The lowest BCUT2D eigenvalue weighted by Crippen LogP contribution is -2.35. The van der Waals surface area contributed by atoms with E-state index in [9.17, 15) is 4.79 Å². The number of carbonyl (C=O) groups is 1. The minimum Gasteiger partial charge on any atom is -0.341 e. The zero-order valence-electron chi connectivity index (χ0n) is 11.8. The van der Waals surface area contributed by atoms with Gasteiger partial charge in [-0.15, -0.1) is 24.2 Å². The van der Waals surface area contributed by atoms with E-state index >= 15 is 0 Å². The van der Waals surface area contributed by atoms with Crippen LogP contribution in [0.1, 0.15) is 33.1 Å². The largest absolute Gasteiger partial charge is 0.341 e. The fraction of sp³-hybridized carbons (Fsp3) is 0.923. The average Bonchev–Trinajstić information content (AvgIpc) is 2.77. The van der Waals surface area contributed by atoms with E-state index < -0.39 is 0 Å². The van der Waals surface area contributed by atoms with E-state index in [-0.39, 0.29) is 17.7 Å². The normalized spacial score (nSPS) is 20.6. The monoisotopic (exact) mass is 294 g/mol. The number of halogens is 1. The molecule has 2 unspecified atom stereocenters. The van der Waals surface area contributed by atoms with Crippen molar-refractivity contribution in [1.82, 2.24) is 10.2 Å². The van der Waals surface area contributed by atoms with Gasteiger partial charge in [0.1, 0.15) is 0 Å². The first-order valence-corrected chi connectivity index (χ1v) is 7.78. The van der Waals surface area contributed by atoms with Gasteiger partial charge in [0.2, 0.25) is 5.91 Å². The van der Waals surface area contributed by atoms with Crippen molar-refractivity contribution in [2.24, 2.45) is 5.92 Å². The summed E-state index contributed by atoms with van der Waals surface area (Å²) in [5.74, 6) is 2.10. The smallest absolute Gasteiger partial charge is 0.235 e. The molecule has 1 aliphatic rings. The van der Waals surface area contributed by atoms with Gasteiger partial charge >= 0.3 is 0 Å². The quantitative estimate of drug-likeness (QED) is 0.732. The maximum Gasteiger partial charge on any atom is 0.235 e. The van der Waals surface area contributed by atoms with Crippen molar-refractivity contribution in [3.8, 4) is 0 Å². The topological polar surface area (TPSA) is 32.3 Å². The second-order valence-corrected chi connectivity index (χ2v) is 6.31. The van der Waals surface area contributed by atoms with E-state index in [2.05, 4.69) is 12.2 Å². The average molecular weight is 295 g/mol. The Labute approximate surface area is 122 Å². The zero-order valence-corrected chi connectivity index (χ0v) is 13.4. The second-order valence-electron chi connectivity index (χ2n) is 4.86. The van der Waals surface area contributed by atoms with Crippen LogP contribution in [0.25, 0.3) is 0 Å². The number of nitrogens with one attached hydrogen (secondary N) is 1. The fourth-order valence-electron chi connectivity index (χ4n) is 2.22. The standard InChI is InChI=1S/C13H26N2OS.ClH/c1-4-5-8-17-11(2)13(16)15-7-6-12(10-15)9-14-3;/h11-12,14H,4-10H2,1-3H3;1H. The van der Waals surface area contributed by atoms with Crippen LogP contribution in [0, 0.1) is 5.92 Å². The number of amides is 1. The van der Waals surface area contributed by atoms with Crippen molar-refractivity contribution in [2.45, 2.75) is 38.4 Å². The third-order valence-corrected chi connectivity index (χ3v) is 4.53. The molecule has 1 amide bonds. The van der Waals surface area contributed by atoms with Crippen LogP contribution in [0.2, 0.25) is 0 Å². The Morgan fingerprint density at radius 3 is 2.89 bits per heavy atom. The molecular weight excluding hydrogens is 268 g/mol. The summed E-state index contributed by atoms with van der Waals surface area (Å²) in [6.45, 7) is 7.16. The maximum atomic E-state index is 12.2. The molecule has 0 radical (unpaired) electrons. The van der Waals surface area contributed by atoms with E-state index in [0.717, 1.165) is 31.8 Å². The van der Waals surface area contributed by atoms with E-state index in [4.69, 9.17) is 0 Å². The Morgan fingerprint density at radius 1 is 1.56 bits per heavy atom. The highest BCUT2D eigenvalue weighted by atomic mass is 35.5. The van der Waals surface area contributed by atoms with E-state index in [1.54, 1.807) is 11.8 Å². The van der Waals surface area contributed by atoms with Crippen molar-refractivity contribution in [3.05, 3.63) is 0 Å². The molecule has 0 aliphatic carbocycles. The predicted molar refractivity (Wildman–Crippen MR) is 82.7 cm³/mol. The zero-order chi connectivity index (χ0) is 12.7. The van der Waals surface area contributed by atoms with Crippen LogP contribution in [0.4, 0.5) is 0 Å². The number of hydrogen-bond donors (Lipinski definition) is 1. The summed E-state index contributed by atoms with van der Waals surface area (Å²) in [6.07, 6.45) is 3.57. The van der Waals surface area contributed by atoms with Gasteiger partial charge in [0.25, 0.3) is 0 Å². The predicted octanol–water partition coefficient (Wildman–Crippen LogP) is 2.40. The fourth-order valence-corrected chi connectivity index (χ4v) is 3.32. The van der Waals surface area contributed by atoms with Crippen molar-refractivity contribution >= 4 is 30.1 Å². The Balaban J connectivity index is 0.00000289. The van der Waals surface area contributed by atoms with E-state index in [1.807, 2.05) is 18.9 Å². The molecular formula is C13H27ClN2OS. The Hall–Kier alpha value is 0.0700. The van der Waals surface area contributed by atoms with Gasteiger partial charge < -0.3 is 10.2 Å². The molecule has 3 nitrogen and oxygen atoms in total. The summed E-state index contributed by atoms with van der Waals surface area (Å²) >= 11 is 1.80. The van der Waals surface area contributed by atoms with Gasteiger partial charge in [0.05, 0.1) is 5.25 Å². The minimum absolute atomic E-state index is 0. The molecule has 108 valence electrons. The lowest BCUT2D eigenvalue weighted by Gasteiger charge is -2.20. The van der Waals surface area contributed by atoms with Gasteiger partial charge in [-0.2, -0.15) is 0 Å². The summed E-state index contributed by atoms with van der Waals surface area (Å²) in [6, 6.07) is 0. The lowest BCUT2D eigenvalue weighted by molar-refractivity contribution is -0.129. The van der Waals surface area contributed by atoms with Crippen LogP contribution in [-0.4, -0.2) is 48.5 Å². The molecule has 0 aromatic rings. The third-order valence-electron chi connectivity index (χ3n) is 3.30. The van der Waals surface area contributed by atoms with Gasteiger partial charge in [-0.25, -0.2) is 0 Å². The highest BCUT2D eigenvalue weighted by Gasteiger charge is 2.28. The molecule has 1 fully saturated rings. The van der Waals surface area contributed by atoms with Crippen molar-refractivity contribution in [1.29, 1.82) is 0 Å². The summed E-state index contributed by atoms with van der Waals surface area (Å²) in [5.41, 5.74) is 0. The van der Waals surface area contributed by atoms with Gasteiger partial charge in [0.15, 0.2) is 0 Å². The van der Waals surface area contributed by atoms with Crippen LogP contribution < -0.4 is 5.32 Å². The summed E-state index contributed by atoms with van der Waals surface area (Å²) in [4.78, 5) is 14.2. The van der Waals surface area contributed by atoms with Crippen molar-refractivity contribution < 1.29 is 4.79 Å². The van der Waals surface area contributed by atoms with Gasteiger partial charge in [0, 0.05) is 13.1 Å². The van der Waals surface area contributed by atoms with Crippen LogP contribution >= 0.6 is 24.2 Å². The molecule has 2 atom stereocenters. The molecule has 1 rings (SSSR count). The van der Waals surface area contributed by atoms with Gasteiger partial charge in [-0.3, -0.25) is 4.79 Å². The number of unbranched alkanes of at least 4 members (excludes halogenated alkanes) is 1. The van der Waals surface area contributed by atoms with Crippen LogP contribution in [0.15, 0.2) is 0 Å². The van der Waals surface area contributed by atoms with Crippen LogP contribution in [0.5, 0.6) is 0 Å². The number of likely N-dealkylation sites (tertiary alicyclic amines) is 1. The Kier molecular flexibility index (Phi) is 9.97. The maximum absolute atomic E-state index is 12.2. The lowest BCUT2D eigenvalue weighted by atomic mass is 10.1. The minimum atomic E-state index is 0. The first kappa shape index (κ1) is 18.1. The Bertz CT molecular complexity index is 241. The second kappa shape index (κ2) is 9.93. The summed E-state index contributed by atoms with van der Waals surface area (Å²) < 4.78 is 0. The summed E-state index contributed by atoms with van der Waals surface area (Å²) in [7, 11) is 1.98. The van der Waals surface area contributed by atoms with Gasteiger partial charge in [-0.1, -0.05) is 13.3 Å². The molecule has 1 saturated heterocycles. The summed E-state index contributed by atoms with van der Waals surface area (Å²) in [5, 5.41) is 3.33. The first-order chi connectivity index (χ1) is 8.19. The number of nitrogens with zero attached hydrogens (tertiary/aromatic N) is 1. The number of thioether (sulfide) groups is 1. The molecule has 1 aliphatic heterocycles. The molecule has 0 aromatic heterocycles. The molecule has 0 bridgehead atoms. The molecule has 5 heteroatoms. The molecule has 1 heterocycles. The van der Waals surface area contributed by atoms with Crippen LogP contribution in [0.3, 0.4) is 0 Å². The molecule has 18 heavy (non-hydrogen) atoms. The molecule has 1 N–H and O–H groups in total. The third kappa shape index (κ3) is 5.81. The number of rotatable bonds is 7. The molecule has 0 spiro atoms. The number of carbonyl (C=O) groups excluding carboxylic acids is 1. The van der Waals surface area contributed by atoms with Crippen molar-refractivity contribution in [2.75, 3.05) is 32.4 Å². The van der Waals surface area contributed by atoms with Crippen LogP contribution in [-0.2, 0) is 4.79 Å². The SMILES string of the molecule is CCCCSC(C)C(=O)N1CCC(CNC)C1.Cl. The first-order valence-electron chi connectivity index (χ1n) is 6.74. The highest BCUT2D eigenvalue weighted by Crippen LogP contribution is 2.21. The van der Waals surface area contributed by atoms with Crippen molar-refractivity contribution in [3.63, 3.8) is 0 Å². The highest BCUT2D eigenvalue weighted by molar-refractivity contribution is 8.00. The number of hydrogen-bond acceptors (Lipinski definition) is 3. The van der Waals surface area contributed by atoms with Gasteiger partial charge in [-0.05, 0) is 45.0 Å². The van der Waals surface area contributed by atoms with E-state index in [0.29, 0.717) is 11.8 Å². The molecule has 0 aromatic carbocycles.